The van der Waals surface area contributed by atoms with Gasteiger partial charge in [0.1, 0.15) is 9.90 Å². The number of halogens is 1. The topological polar surface area (TPSA) is 73.5 Å². The quantitative estimate of drug-likeness (QED) is 0.618. The van der Waals surface area contributed by atoms with E-state index in [1.165, 1.54) is 15.6 Å². The van der Waals surface area contributed by atoms with E-state index in [4.69, 9.17) is 0 Å². The number of nitrogens with zero attached hydrogens (tertiary/aromatic N) is 2. The maximum atomic E-state index is 12.9. The third-order valence-corrected chi connectivity index (χ3v) is 8.98. The van der Waals surface area contributed by atoms with Gasteiger partial charge in [0.2, 0.25) is 0 Å². The number of hydrogen-bond acceptors (Lipinski definition) is 4. The molecule has 0 unspecified atom stereocenters. The van der Waals surface area contributed by atoms with Crippen molar-refractivity contribution in [3.05, 3.63) is 50.9 Å². The summed E-state index contributed by atoms with van der Waals surface area (Å²) in [7, 11) is -3.51. The van der Waals surface area contributed by atoms with Crippen LogP contribution in [0.4, 0.5) is 0 Å². The van der Waals surface area contributed by atoms with Crippen LogP contribution in [0.3, 0.4) is 0 Å². The Bertz CT molecular complexity index is 1160. The summed E-state index contributed by atoms with van der Waals surface area (Å²) in [6.45, 7) is 5.39. The van der Waals surface area contributed by atoms with Gasteiger partial charge in [-0.3, -0.25) is 4.79 Å². The molecule has 1 N–H and O–H groups in total. The molecule has 0 saturated carbocycles. The van der Waals surface area contributed by atoms with E-state index in [1.54, 1.807) is 17.0 Å². The standard InChI is InChI=1S/C19H20BrN3O3S2/c1-12-9-13(2)14-11-16(21-15(14)10-12)19(24)22-5-7-23(8-6-22)28(25,26)18-4-3-17(20)27-18/h3-4,9-11,21H,5-8H2,1-2H3. The Hall–Kier alpha value is -1.68. The van der Waals surface area contributed by atoms with Crippen LogP contribution >= 0.6 is 27.3 Å². The Morgan fingerprint density at radius 1 is 1.11 bits per heavy atom. The maximum Gasteiger partial charge on any atom is 0.270 e. The minimum absolute atomic E-state index is 0.0934. The molecule has 3 heterocycles. The van der Waals surface area contributed by atoms with E-state index >= 15 is 0 Å². The lowest BCUT2D eigenvalue weighted by atomic mass is 10.1. The number of amides is 1. The van der Waals surface area contributed by atoms with E-state index in [-0.39, 0.29) is 5.91 Å². The van der Waals surface area contributed by atoms with E-state index < -0.39 is 10.0 Å². The van der Waals surface area contributed by atoms with E-state index in [1.807, 2.05) is 26.0 Å². The van der Waals surface area contributed by atoms with E-state index in [9.17, 15) is 13.2 Å². The SMILES string of the molecule is Cc1cc(C)c2cc(C(=O)N3CCN(S(=O)(=O)c4ccc(Br)s4)CC3)[nH]c2c1. The molecular formula is C19H20BrN3O3S2. The molecule has 4 rings (SSSR count). The van der Waals surface area contributed by atoms with Gasteiger partial charge in [-0.25, -0.2) is 8.42 Å². The van der Waals surface area contributed by atoms with Crippen molar-refractivity contribution in [2.24, 2.45) is 0 Å². The lowest BCUT2D eigenvalue weighted by Crippen LogP contribution is -2.50. The number of fused-ring (bicyclic) bond motifs is 1. The molecule has 1 aliphatic rings. The van der Waals surface area contributed by atoms with Crippen LogP contribution in [0.2, 0.25) is 0 Å². The van der Waals surface area contributed by atoms with Gasteiger partial charge in [-0.2, -0.15) is 4.31 Å². The number of thiophene rings is 1. The minimum atomic E-state index is -3.51. The van der Waals surface area contributed by atoms with Gasteiger partial charge in [0.05, 0.1) is 3.79 Å². The molecule has 148 valence electrons. The summed E-state index contributed by atoms with van der Waals surface area (Å²) in [5, 5.41) is 1.04. The number of hydrogen-bond donors (Lipinski definition) is 1. The van der Waals surface area contributed by atoms with Gasteiger partial charge in [0.15, 0.2) is 0 Å². The van der Waals surface area contributed by atoms with Gasteiger partial charge in [0, 0.05) is 37.1 Å². The molecule has 0 atom stereocenters. The van der Waals surface area contributed by atoms with Crippen molar-refractivity contribution in [2.75, 3.05) is 26.2 Å². The summed E-state index contributed by atoms with van der Waals surface area (Å²) in [5.41, 5.74) is 3.76. The van der Waals surface area contributed by atoms with Crippen LogP contribution in [0, 0.1) is 13.8 Å². The number of benzene rings is 1. The van der Waals surface area contributed by atoms with Crippen LogP contribution in [-0.4, -0.2) is 54.7 Å². The summed E-state index contributed by atoms with van der Waals surface area (Å²) < 4.78 is 28.0. The lowest BCUT2D eigenvalue weighted by Gasteiger charge is -2.33. The first-order chi connectivity index (χ1) is 13.3. The molecule has 1 aromatic carbocycles. The summed E-state index contributed by atoms with van der Waals surface area (Å²) in [6, 6.07) is 9.35. The third-order valence-electron chi connectivity index (χ3n) is 4.99. The molecule has 0 bridgehead atoms. The average molecular weight is 482 g/mol. The Kier molecular flexibility index (Phi) is 5.11. The summed E-state index contributed by atoms with van der Waals surface area (Å²) in [5.74, 6) is -0.0934. The van der Waals surface area contributed by atoms with Gasteiger partial charge in [-0.05, 0) is 65.2 Å². The number of aryl methyl sites for hydroxylation is 2. The number of carbonyl (C=O) groups is 1. The molecule has 9 heteroatoms. The van der Waals surface area contributed by atoms with Gasteiger partial charge in [-0.1, -0.05) is 6.07 Å². The predicted octanol–water partition coefficient (Wildman–Crippen LogP) is 3.76. The molecule has 1 fully saturated rings. The summed E-state index contributed by atoms with van der Waals surface area (Å²) in [4.78, 5) is 17.8. The first kappa shape index (κ1) is 19.6. The number of rotatable bonds is 3. The van der Waals surface area contributed by atoms with Crippen LogP contribution in [0.5, 0.6) is 0 Å². The first-order valence-corrected chi connectivity index (χ1v) is 12.0. The number of sulfonamides is 1. The highest BCUT2D eigenvalue weighted by molar-refractivity contribution is 9.11. The molecule has 2 aromatic heterocycles. The Morgan fingerprint density at radius 2 is 1.82 bits per heavy atom. The largest absolute Gasteiger partial charge is 0.351 e. The second-order valence-corrected chi connectivity index (χ2v) is 11.6. The molecule has 28 heavy (non-hydrogen) atoms. The van der Waals surface area contributed by atoms with Gasteiger partial charge in [0.25, 0.3) is 15.9 Å². The molecule has 1 saturated heterocycles. The number of nitrogens with one attached hydrogen (secondary N) is 1. The van der Waals surface area contributed by atoms with Crippen molar-refractivity contribution < 1.29 is 13.2 Å². The van der Waals surface area contributed by atoms with E-state index in [0.717, 1.165) is 25.8 Å². The monoisotopic (exact) mass is 481 g/mol. The van der Waals surface area contributed by atoms with Crippen LogP contribution in [-0.2, 0) is 10.0 Å². The Labute approximate surface area is 176 Å². The molecule has 0 radical (unpaired) electrons. The van der Waals surface area contributed by atoms with Crippen molar-refractivity contribution in [3.63, 3.8) is 0 Å². The highest BCUT2D eigenvalue weighted by Gasteiger charge is 2.31. The van der Waals surface area contributed by atoms with Crippen LogP contribution in [0.15, 0.2) is 38.3 Å². The normalized spacial score (nSPS) is 16.0. The van der Waals surface area contributed by atoms with E-state index in [0.29, 0.717) is 36.1 Å². The Balaban J connectivity index is 1.49. The van der Waals surface area contributed by atoms with E-state index in [2.05, 4.69) is 27.0 Å². The highest BCUT2D eigenvalue weighted by atomic mass is 79.9. The fourth-order valence-corrected chi connectivity index (χ4v) is 7.17. The van der Waals surface area contributed by atoms with Crippen LogP contribution in [0.1, 0.15) is 21.6 Å². The van der Waals surface area contributed by atoms with Crippen molar-refractivity contribution in [2.45, 2.75) is 18.1 Å². The fraction of sp³-hybridized carbons (Fsp3) is 0.316. The molecule has 0 aliphatic carbocycles. The number of H-pyrrole nitrogens is 1. The minimum Gasteiger partial charge on any atom is -0.351 e. The first-order valence-electron chi connectivity index (χ1n) is 8.90. The smallest absolute Gasteiger partial charge is 0.270 e. The Morgan fingerprint density at radius 3 is 2.46 bits per heavy atom. The fourth-order valence-electron chi connectivity index (χ4n) is 3.58. The number of carbonyl (C=O) groups excluding carboxylic acids is 1. The number of piperazine rings is 1. The molecule has 0 spiro atoms. The maximum absolute atomic E-state index is 12.9. The van der Waals surface area contributed by atoms with Crippen molar-refractivity contribution >= 4 is 54.1 Å². The van der Waals surface area contributed by atoms with Crippen molar-refractivity contribution in [1.82, 2.24) is 14.2 Å². The third kappa shape index (κ3) is 3.52. The van der Waals surface area contributed by atoms with Gasteiger partial charge < -0.3 is 9.88 Å². The second kappa shape index (κ2) is 7.29. The van der Waals surface area contributed by atoms with Crippen molar-refractivity contribution in [1.29, 1.82) is 0 Å². The molecule has 1 amide bonds. The molecular weight excluding hydrogens is 462 g/mol. The van der Waals surface area contributed by atoms with Crippen LogP contribution in [0.25, 0.3) is 10.9 Å². The average Bonchev–Trinajstić information content (AvgIpc) is 3.28. The zero-order valence-corrected chi connectivity index (χ0v) is 18.7. The van der Waals surface area contributed by atoms with Crippen molar-refractivity contribution in [3.8, 4) is 0 Å². The number of aromatic nitrogens is 1. The van der Waals surface area contributed by atoms with Gasteiger partial charge in [-0.15, -0.1) is 11.3 Å². The second-order valence-electron chi connectivity index (χ2n) is 6.98. The highest BCUT2D eigenvalue weighted by Crippen LogP contribution is 2.29. The lowest BCUT2D eigenvalue weighted by molar-refractivity contribution is 0.0693. The summed E-state index contributed by atoms with van der Waals surface area (Å²) >= 11 is 4.50. The molecule has 1 aliphatic heterocycles. The summed E-state index contributed by atoms with van der Waals surface area (Å²) in [6.07, 6.45) is 0. The number of aromatic amines is 1. The predicted molar refractivity (Wildman–Crippen MR) is 114 cm³/mol. The van der Waals surface area contributed by atoms with Crippen LogP contribution < -0.4 is 0 Å². The molecule has 3 aromatic rings. The molecule has 6 nitrogen and oxygen atoms in total. The zero-order chi connectivity index (χ0) is 20.1. The zero-order valence-electron chi connectivity index (χ0n) is 15.5. The van der Waals surface area contributed by atoms with Gasteiger partial charge >= 0.3 is 0 Å².